The van der Waals surface area contributed by atoms with E-state index in [0.29, 0.717) is 36.3 Å². The molecule has 2 aliphatic rings. The van der Waals surface area contributed by atoms with Gasteiger partial charge in [0.1, 0.15) is 6.54 Å². The molecule has 0 aromatic heterocycles. The summed E-state index contributed by atoms with van der Waals surface area (Å²) in [7, 11) is 5.30. The number of nitrogens with zero attached hydrogens (tertiary/aromatic N) is 4. The molecular formula is C25H29N4O4+. The van der Waals surface area contributed by atoms with E-state index in [2.05, 4.69) is 6.92 Å². The number of aliphatic imine (C=N–C) groups is 1. The number of amidine groups is 1. The minimum absolute atomic E-state index is 0.0237. The highest BCUT2D eigenvalue weighted by molar-refractivity contribution is 6.05. The summed E-state index contributed by atoms with van der Waals surface area (Å²) < 4.78 is 5.99. The van der Waals surface area contributed by atoms with E-state index in [0.717, 1.165) is 11.1 Å². The van der Waals surface area contributed by atoms with Crippen molar-refractivity contribution in [2.75, 3.05) is 34.3 Å². The molecule has 0 fully saturated rings. The van der Waals surface area contributed by atoms with Crippen LogP contribution in [0.3, 0.4) is 0 Å². The van der Waals surface area contributed by atoms with Gasteiger partial charge in [-0.25, -0.2) is 9.69 Å². The summed E-state index contributed by atoms with van der Waals surface area (Å²) in [5.74, 6) is 0.511. The number of benzene rings is 2. The Morgan fingerprint density at radius 2 is 1.79 bits per heavy atom. The maximum absolute atomic E-state index is 13.7. The molecule has 1 unspecified atom stereocenters. The van der Waals surface area contributed by atoms with Crippen molar-refractivity contribution in [1.29, 1.82) is 0 Å². The van der Waals surface area contributed by atoms with Crippen molar-refractivity contribution < 1.29 is 28.4 Å². The number of ether oxygens (including phenoxy) is 1. The number of carbonyl (C=O) groups is 2. The second kappa shape index (κ2) is 8.47. The molecule has 8 nitrogen and oxygen atoms in total. The molecule has 33 heavy (non-hydrogen) atoms. The Bertz CT molecular complexity index is 1160. The van der Waals surface area contributed by atoms with E-state index >= 15 is 0 Å². The van der Waals surface area contributed by atoms with E-state index in [9.17, 15) is 14.7 Å². The third-order valence-electron chi connectivity index (χ3n) is 6.00. The first-order valence-corrected chi connectivity index (χ1v) is 10.8. The number of carbonyl (C=O) groups excluding carboxylic acids is 2. The second-order valence-corrected chi connectivity index (χ2v) is 8.92. The molecule has 3 amide bonds. The van der Waals surface area contributed by atoms with Gasteiger partial charge in [-0.15, -0.1) is 12.1 Å². The quantitative estimate of drug-likeness (QED) is 0.543. The van der Waals surface area contributed by atoms with Gasteiger partial charge in [0.15, 0.2) is 0 Å². The summed E-state index contributed by atoms with van der Waals surface area (Å²) in [6.45, 7) is 4.39. The van der Waals surface area contributed by atoms with Gasteiger partial charge in [0.25, 0.3) is 5.70 Å². The number of quaternary nitrogens is 2. The number of imide groups is 1. The molecule has 1 atom stereocenters. The Kier molecular flexibility index (Phi) is 5.84. The fraction of sp³-hybridized carbons (Fsp3) is 0.280. The fourth-order valence-corrected chi connectivity index (χ4v) is 4.23. The molecule has 0 aliphatic carbocycles. The lowest BCUT2D eigenvalue weighted by Gasteiger charge is -2.37. The fourth-order valence-electron chi connectivity index (χ4n) is 4.23. The van der Waals surface area contributed by atoms with Crippen LogP contribution >= 0.6 is 0 Å². The van der Waals surface area contributed by atoms with Crippen molar-refractivity contribution in [3.05, 3.63) is 84.2 Å². The van der Waals surface area contributed by atoms with E-state index in [4.69, 9.17) is 9.73 Å². The van der Waals surface area contributed by atoms with Gasteiger partial charge < -0.3 is 9.84 Å². The van der Waals surface area contributed by atoms with Crippen LogP contribution in [0.1, 0.15) is 17.5 Å². The molecule has 172 valence electrons. The van der Waals surface area contributed by atoms with Crippen molar-refractivity contribution in [1.82, 2.24) is 4.90 Å². The first-order valence-electron chi connectivity index (χ1n) is 10.8. The van der Waals surface area contributed by atoms with Crippen LogP contribution in [0.15, 0.2) is 71.1 Å². The number of hydrogen-bond acceptors (Lipinski definition) is 5. The summed E-state index contributed by atoms with van der Waals surface area (Å²) in [6.07, 6.45) is 0.309. The van der Waals surface area contributed by atoms with Gasteiger partial charge in [0, 0.05) is 18.7 Å². The lowest BCUT2D eigenvalue weighted by molar-refractivity contribution is -0.815. The van der Waals surface area contributed by atoms with Crippen molar-refractivity contribution in [2.24, 2.45) is 4.99 Å². The smallest absolute Gasteiger partial charge is 0.410 e. The Labute approximate surface area is 193 Å². The molecule has 2 aliphatic heterocycles. The second-order valence-electron chi connectivity index (χ2n) is 8.92. The molecule has 0 saturated carbocycles. The number of likely N-dealkylation sites (N-methyl/N-ethyl adjacent to an activating group) is 1. The number of hydrogen-bond donors (Lipinski definition) is 1. The highest BCUT2D eigenvalue weighted by Gasteiger charge is 2.61. The summed E-state index contributed by atoms with van der Waals surface area (Å²) in [5, 5.41) is 9.30. The van der Waals surface area contributed by atoms with E-state index in [-0.39, 0.29) is 28.1 Å². The number of urea groups is 1. The summed E-state index contributed by atoms with van der Waals surface area (Å²) in [6, 6.07) is 17.0. The van der Waals surface area contributed by atoms with Crippen LogP contribution in [0.5, 0.6) is 5.75 Å². The van der Waals surface area contributed by atoms with Crippen LogP contribution < -0.4 is 4.74 Å². The third kappa shape index (κ3) is 3.93. The van der Waals surface area contributed by atoms with E-state index in [1.54, 1.807) is 20.2 Å². The molecule has 0 saturated heterocycles. The molecule has 1 N–H and O–H groups in total. The highest BCUT2D eigenvalue weighted by Crippen LogP contribution is 2.40. The summed E-state index contributed by atoms with van der Waals surface area (Å²) in [5.41, 5.74) is 2.17. The number of rotatable bonds is 6. The van der Waals surface area contributed by atoms with Crippen molar-refractivity contribution in [3.8, 4) is 5.75 Å². The largest absolute Gasteiger partial charge is 0.432 e. The average Bonchev–Trinajstić information content (AvgIpc) is 3.06. The Balaban J connectivity index is 1.83. The van der Waals surface area contributed by atoms with Crippen LogP contribution in [-0.2, 0) is 11.3 Å². The molecule has 2 aromatic carbocycles. The zero-order chi connectivity index (χ0) is 23.8. The van der Waals surface area contributed by atoms with Gasteiger partial charge in [-0.2, -0.15) is 27.5 Å². The van der Waals surface area contributed by atoms with Crippen molar-refractivity contribution in [3.63, 3.8) is 0 Å². The van der Waals surface area contributed by atoms with Crippen LogP contribution in [0, 0.1) is 6.92 Å². The maximum atomic E-state index is 13.7. The molecule has 8 heteroatoms. The van der Waals surface area contributed by atoms with Crippen LogP contribution in [0.2, 0.25) is 0 Å². The standard InChI is InChI=1S/C25H29N4O4/c1-18-10-8-13-20(16-18)33-24-26-22-21(29(24,4)17-19-11-6-5-7-12-19)23(31)27(14-9-15-30)25(32)28(22,2)3/h5-8,10-13,16,30H,1,9,14-15,17H2,2-4H3/q+1. The normalized spacial score (nSPS) is 21.8. The minimum Gasteiger partial charge on any atom is -0.410 e. The molecule has 2 aromatic rings. The lowest BCUT2D eigenvalue weighted by atomic mass is 10.1. The Hall–Kier alpha value is -3.46. The third-order valence-corrected chi connectivity index (χ3v) is 6.00. The van der Waals surface area contributed by atoms with Crippen molar-refractivity contribution >= 4 is 18.0 Å². The van der Waals surface area contributed by atoms with Crippen LogP contribution in [0.4, 0.5) is 4.79 Å². The number of amides is 3. The Morgan fingerprint density at radius 1 is 1.06 bits per heavy atom. The number of aliphatic hydroxyl groups excluding tert-OH is 1. The first kappa shape index (κ1) is 22.7. The minimum atomic E-state index is -0.410. The first-order chi connectivity index (χ1) is 15.7. The van der Waals surface area contributed by atoms with Gasteiger partial charge >= 0.3 is 23.8 Å². The van der Waals surface area contributed by atoms with Gasteiger partial charge in [-0.3, -0.25) is 4.79 Å². The van der Waals surface area contributed by atoms with Crippen LogP contribution in [0.25, 0.3) is 0 Å². The SMILES string of the molecule is [CH2-]c1cccc(OC2=NC3=C(C(=O)N(CCCO)C(=O)[N+]3(C)C)[N+]2(C)Cc2ccccc2)c1. The highest BCUT2D eigenvalue weighted by atomic mass is 16.5. The molecule has 0 bridgehead atoms. The molecule has 4 rings (SSSR count). The predicted molar refractivity (Wildman–Crippen MR) is 123 cm³/mol. The van der Waals surface area contributed by atoms with E-state index in [1.807, 2.05) is 55.6 Å². The molecule has 0 radical (unpaired) electrons. The van der Waals surface area contributed by atoms with Gasteiger partial charge in [0.05, 0.1) is 26.9 Å². The van der Waals surface area contributed by atoms with Crippen LogP contribution in [-0.4, -0.2) is 71.2 Å². The topological polar surface area (TPSA) is 79.2 Å². The van der Waals surface area contributed by atoms with Crippen molar-refractivity contribution in [2.45, 2.75) is 13.0 Å². The monoisotopic (exact) mass is 449 g/mol. The summed E-state index contributed by atoms with van der Waals surface area (Å²) >= 11 is 0. The number of aliphatic hydroxyl groups is 1. The van der Waals surface area contributed by atoms with Gasteiger partial charge in [0.2, 0.25) is 0 Å². The van der Waals surface area contributed by atoms with E-state index in [1.165, 1.54) is 4.90 Å². The zero-order valence-corrected chi connectivity index (χ0v) is 19.2. The summed E-state index contributed by atoms with van der Waals surface area (Å²) in [4.78, 5) is 32.8. The molecule has 2 heterocycles. The molecular weight excluding hydrogens is 420 g/mol. The average molecular weight is 450 g/mol. The van der Waals surface area contributed by atoms with Gasteiger partial charge in [-0.1, -0.05) is 35.3 Å². The maximum Gasteiger partial charge on any atom is 0.432 e. The van der Waals surface area contributed by atoms with E-state index < -0.39 is 5.91 Å². The zero-order valence-electron chi connectivity index (χ0n) is 19.2. The predicted octanol–water partition coefficient (Wildman–Crippen LogP) is 2.85. The van der Waals surface area contributed by atoms with Gasteiger partial charge in [-0.05, 0) is 12.5 Å². The Morgan fingerprint density at radius 3 is 2.45 bits per heavy atom. The molecule has 0 spiro atoms. The lowest BCUT2D eigenvalue weighted by Crippen LogP contribution is -2.62.